The first-order valence-electron chi connectivity index (χ1n) is 11.0. The van der Waals surface area contributed by atoms with E-state index in [2.05, 4.69) is 5.32 Å². The van der Waals surface area contributed by atoms with Crippen LogP contribution in [0.1, 0.15) is 6.92 Å². The van der Waals surface area contributed by atoms with Crippen molar-refractivity contribution in [2.24, 2.45) is 0 Å². The normalized spacial score (nSPS) is 10.6. The largest absolute Gasteiger partial charge is 0.494 e. The van der Waals surface area contributed by atoms with Crippen molar-refractivity contribution in [3.8, 4) is 34.3 Å². The van der Waals surface area contributed by atoms with Gasteiger partial charge in [-0.2, -0.15) is 0 Å². The Morgan fingerprint density at radius 3 is 2.37 bits per heavy atom. The molecule has 0 aliphatic carbocycles. The Hall–Kier alpha value is -4.46. The van der Waals surface area contributed by atoms with E-state index >= 15 is 0 Å². The van der Waals surface area contributed by atoms with Crippen LogP contribution in [0.2, 0.25) is 0 Å². The van der Waals surface area contributed by atoms with Crippen molar-refractivity contribution in [2.75, 3.05) is 32.8 Å². The second-order valence-electron chi connectivity index (χ2n) is 7.45. The number of carbonyl (C=O) groups is 1. The average molecular weight is 475 g/mol. The molecule has 0 saturated carbocycles. The lowest BCUT2D eigenvalue weighted by Crippen LogP contribution is -2.22. The number of fused-ring (bicyclic) bond motifs is 1. The Kier molecular flexibility index (Phi) is 7.21. The highest BCUT2D eigenvalue weighted by Crippen LogP contribution is 2.36. The molecule has 8 nitrogen and oxygen atoms in total. The van der Waals surface area contributed by atoms with Crippen molar-refractivity contribution >= 4 is 22.6 Å². The maximum atomic E-state index is 13.3. The first kappa shape index (κ1) is 23.7. The zero-order chi connectivity index (χ0) is 24.8. The summed E-state index contributed by atoms with van der Waals surface area (Å²) < 4.78 is 27.9. The predicted molar refractivity (Wildman–Crippen MR) is 133 cm³/mol. The Morgan fingerprint density at radius 1 is 0.914 bits per heavy atom. The van der Waals surface area contributed by atoms with Gasteiger partial charge in [0, 0.05) is 11.3 Å². The number of carbonyl (C=O) groups excluding carboxylic acids is 1. The monoisotopic (exact) mass is 475 g/mol. The molecule has 180 valence electrons. The predicted octanol–water partition coefficient (Wildman–Crippen LogP) is 4.89. The third-order valence-electron chi connectivity index (χ3n) is 5.20. The molecule has 0 atom stereocenters. The number of amides is 1. The zero-order valence-corrected chi connectivity index (χ0v) is 19.6. The smallest absolute Gasteiger partial charge is 0.262 e. The molecule has 0 aliphatic rings. The fourth-order valence-electron chi connectivity index (χ4n) is 3.56. The molecule has 1 aromatic heterocycles. The van der Waals surface area contributed by atoms with E-state index in [9.17, 15) is 9.59 Å². The molecule has 4 aromatic rings. The van der Waals surface area contributed by atoms with Gasteiger partial charge in [-0.1, -0.05) is 12.1 Å². The number of methoxy groups -OCH3 is 2. The highest BCUT2D eigenvalue weighted by Gasteiger charge is 2.20. The van der Waals surface area contributed by atoms with Crippen LogP contribution in [0.5, 0.6) is 23.0 Å². The van der Waals surface area contributed by atoms with Crippen LogP contribution in [-0.2, 0) is 4.79 Å². The van der Waals surface area contributed by atoms with E-state index < -0.39 is 12.5 Å². The van der Waals surface area contributed by atoms with Crippen LogP contribution in [-0.4, -0.2) is 33.3 Å². The molecule has 0 bridgehead atoms. The van der Waals surface area contributed by atoms with Gasteiger partial charge in [-0.05, 0) is 61.5 Å². The van der Waals surface area contributed by atoms with Crippen LogP contribution in [0.15, 0.2) is 75.9 Å². The van der Waals surface area contributed by atoms with Gasteiger partial charge in [-0.25, -0.2) is 0 Å². The van der Waals surface area contributed by atoms with Crippen LogP contribution in [0.3, 0.4) is 0 Å². The Labute approximate surface area is 202 Å². The molecular formula is C27H25NO7. The van der Waals surface area contributed by atoms with Crippen LogP contribution in [0.25, 0.3) is 22.3 Å². The lowest BCUT2D eigenvalue weighted by atomic mass is 10.1. The molecule has 0 fully saturated rings. The van der Waals surface area contributed by atoms with Gasteiger partial charge in [0.2, 0.25) is 11.2 Å². The van der Waals surface area contributed by atoms with E-state index in [0.717, 1.165) is 0 Å². The van der Waals surface area contributed by atoms with Crippen molar-refractivity contribution in [2.45, 2.75) is 6.92 Å². The maximum Gasteiger partial charge on any atom is 0.262 e. The number of para-hydroxylation sites is 1. The first-order chi connectivity index (χ1) is 17.0. The maximum absolute atomic E-state index is 13.3. The highest BCUT2D eigenvalue weighted by atomic mass is 16.5. The van der Waals surface area contributed by atoms with Crippen molar-refractivity contribution in [3.63, 3.8) is 0 Å². The fraction of sp³-hybridized carbons (Fsp3) is 0.185. The summed E-state index contributed by atoms with van der Waals surface area (Å²) in [5.41, 5.74) is 1.12. The van der Waals surface area contributed by atoms with Crippen LogP contribution < -0.4 is 29.7 Å². The van der Waals surface area contributed by atoms with E-state index in [4.69, 9.17) is 23.4 Å². The molecule has 3 aromatic carbocycles. The number of anilines is 1. The summed E-state index contributed by atoms with van der Waals surface area (Å²) in [5.74, 6) is 1.37. The fourth-order valence-corrected chi connectivity index (χ4v) is 3.56. The van der Waals surface area contributed by atoms with Gasteiger partial charge >= 0.3 is 0 Å². The molecule has 0 spiro atoms. The van der Waals surface area contributed by atoms with Crippen molar-refractivity contribution < 1.29 is 28.2 Å². The summed E-state index contributed by atoms with van der Waals surface area (Å²) in [6.07, 6.45) is 0. The van der Waals surface area contributed by atoms with Gasteiger partial charge in [-0.15, -0.1) is 0 Å². The topological polar surface area (TPSA) is 96.2 Å². The molecule has 8 heteroatoms. The third kappa shape index (κ3) is 5.22. The van der Waals surface area contributed by atoms with Gasteiger partial charge in [0.05, 0.1) is 26.2 Å². The number of ether oxygens (including phenoxy) is 4. The Morgan fingerprint density at radius 2 is 1.66 bits per heavy atom. The van der Waals surface area contributed by atoms with E-state index in [1.165, 1.54) is 14.2 Å². The van der Waals surface area contributed by atoms with Crippen LogP contribution >= 0.6 is 0 Å². The van der Waals surface area contributed by atoms with E-state index in [-0.39, 0.29) is 16.9 Å². The molecule has 0 saturated heterocycles. The lowest BCUT2D eigenvalue weighted by Gasteiger charge is -2.14. The highest BCUT2D eigenvalue weighted by molar-refractivity contribution is 5.92. The summed E-state index contributed by atoms with van der Waals surface area (Å²) in [4.78, 5) is 25.9. The molecular weight excluding hydrogens is 450 g/mol. The zero-order valence-electron chi connectivity index (χ0n) is 19.6. The summed E-state index contributed by atoms with van der Waals surface area (Å²) >= 11 is 0. The third-order valence-corrected chi connectivity index (χ3v) is 5.20. The standard InChI is InChI=1S/C27H25NO7/c1-4-33-19-12-10-18(11-13-19)28-24(29)16-34-27-25(30)20-7-5-6-8-21(20)35-26(27)17-9-14-22(31-2)23(15-17)32-3/h5-15H,4,16H2,1-3H3,(H,28,29). The summed E-state index contributed by atoms with van der Waals surface area (Å²) in [6.45, 7) is 2.06. The molecule has 4 rings (SSSR count). The minimum absolute atomic E-state index is 0.0715. The van der Waals surface area contributed by atoms with Gasteiger partial charge in [0.15, 0.2) is 23.9 Å². The second-order valence-corrected chi connectivity index (χ2v) is 7.45. The molecule has 1 amide bonds. The number of benzene rings is 3. The average Bonchev–Trinajstić information content (AvgIpc) is 2.89. The summed E-state index contributed by atoms with van der Waals surface area (Å²) in [7, 11) is 3.05. The number of rotatable bonds is 9. The summed E-state index contributed by atoms with van der Waals surface area (Å²) in [5, 5.41) is 3.09. The molecule has 1 heterocycles. The Bertz CT molecular complexity index is 1390. The van der Waals surface area contributed by atoms with Crippen molar-refractivity contribution in [3.05, 3.63) is 77.0 Å². The molecule has 35 heavy (non-hydrogen) atoms. The van der Waals surface area contributed by atoms with Gasteiger partial charge < -0.3 is 28.7 Å². The quantitative estimate of drug-likeness (QED) is 0.368. The van der Waals surface area contributed by atoms with E-state index in [0.29, 0.717) is 46.1 Å². The SMILES string of the molecule is CCOc1ccc(NC(=O)COc2c(-c3ccc(OC)c(OC)c3)oc3ccccc3c2=O)cc1. The number of hydrogen-bond acceptors (Lipinski definition) is 7. The van der Waals surface area contributed by atoms with Crippen molar-refractivity contribution in [1.82, 2.24) is 0 Å². The Balaban J connectivity index is 1.64. The second kappa shape index (κ2) is 10.6. The number of hydrogen-bond donors (Lipinski definition) is 1. The van der Waals surface area contributed by atoms with E-state index in [1.807, 2.05) is 6.92 Å². The van der Waals surface area contributed by atoms with Crippen LogP contribution in [0, 0.1) is 0 Å². The van der Waals surface area contributed by atoms with Crippen molar-refractivity contribution in [1.29, 1.82) is 0 Å². The summed E-state index contributed by atoms with van der Waals surface area (Å²) in [6, 6.07) is 18.9. The van der Waals surface area contributed by atoms with Gasteiger partial charge in [0.1, 0.15) is 11.3 Å². The minimum Gasteiger partial charge on any atom is -0.494 e. The minimum atomic E-state index is -0.431. The number of nitrogens with one attached hydrogen (secondary N) is 1. The van der Waals surface area contributed by atoms with E-state index in [1.54, 1.807) is 66.7 Å². The van der Waals surface area contributed by atoms with Gasteiger partial charge in [0.25, 0.3) is 5.91 Å². The van der Waals surface area contributed by atoms with Gasteiger partial charge in [-0.3, -0.25) is 9.59 Å². The molecule has 1 N–H and O–H groups in total. The molecule has 0 radical (unpaired) electrons. The molecule has 0 unspecified atom stereocenters. The van der Waals surface area contributed by atoms with Crippen LogP contribution in [0.4, 0.5) is 5.69 Å². The first-order valence-corrected chi connectivity index (χ1v) is 11.0. The molecule has 0 aliphatic heterocycles. The lowest BCUT2D eigenvalue weighted by molar-refractivity contribution is -0.118.